The maximum absolute atomic E-state index is 12.2. The second kappa shape index (κ2) is 11.6. The average molecular weight is 417 g/mol. The molecule has 0 aliphatic heterocycles. The number of ether oxygens (including phenoxy) is 1. The summed E-state index contributed by atoms with van der Waals surface area (Å²) in [7, 11) is 0. The maximum Gasteiger partial charge on any atom is 0.329 e. The van der Waals surface area contributed by atoms with Gasteiger partial charge in [0.2, 0.25) is 11.8 Å². The van der Waals surface area contributed by atoms with Crippen LogP contribution in [-0.2, 0) is 25.5 Å². The van der Waals surface area contributed by atoms with Gasteiger partial charge in [-0.25, -0.2) is 4.79 Å². The van der Waals surface area contributed by atoms with E-state index < -0.39 is 12.0 Å². The summed E-state index contributed by atoms with van der Waals surface area (Å²) in [5.74, 6) is 3.92. The average Bonchev–Trinajstić information content (AvgIpc) is 3.21. The van der Waals surface area contributed by atoms with E-state index in [0.29, 0.717) is 12.1 Å². The number of nitrogens with one attached hydrogen (secondary N) is 2. The Kier molecular flexibility index (Phi) is 8.84. The summed E-state index contributed by atoms with van der Waals surface area (Å²) in [5.41, 5.74) is 1.41. The highest BCUT2D eigenvalue weighted by Crippen LogP contribution is 2.13. The maximum atomic E-state index is 12.2. The zero-order valence-electron chi connectivity index (χ0n) is 16.1. The Hall–Kier alpha value is -3.20. The molecular weight excluding hydrogens is 392 g/mol. The quantitative estimate of drug-likeness (QED) is 0.237. The minimum atomic E-state index is -0.777. The standard InChI is InChI=1S/C20H24N4O4S/c1-2-28-20(27)17(12-16-4-3-11-29-16)24-19(26)10-9-18(25)23-15-7-5-14(6-8-15)13-22-21/h3-8,11,13,17H,2,9-10,12,21H2,1H3,(H,23,25)(H,24,26). The van der Waals surface area contributed by atoms with Gasteiger partial charge in [-0.3, -0.25) is 9.59 Å². The fraction of sp³-hybridized carbons (Fsp3) is 0.300. The third-order valence-electron chi connectivity index (χ3n) is 3.89. The molecule has 0 fully saturated rings. The molecule has 4 N–H and O–H groups in total. The Morgan fingerprint density at radius 3 is 2.52 bits per heavy atom. The lowest BCUT2D eigenvalue weighted by Crippen LogP contribution is -2.43. The van der Waals surface area contributed by atoms with Crippen LogP contribution in [0.3, 0.4) is 0 Å². The van der Waals surface area contributed by atoms with Crippen molar-refractivity contribution in [2.24, 2.45) is 10.9 Å². The molecular formula is C20H24N4O4S. The SMILES string of the molecule is CCOC(=O)C(Cc1cccs1)NC(=O)CCC(=O)Nc1ccc(C=NN)cc1. The summed E-state index contributed by atoms with van der Waals surface area (Å²) >= 11 is 1.50. The van der Waals surface area contributed by atoms with Gasteiger partial charge in [-0.1, -0.05) is 18.2 Å². The van der Waals surface area contributed by atoms with Crippen LogP contribution in [0.4, 0.5) is 5.69 Å². The second-order valence-corrected chi connectivity index (χ2v) is 7.14. The predicted molar refractivity (Wildman–Crippen MR) is 113 cm³/mol. The molecule has 0 saturated heterocycles. The van der Waals surface area contributed by atoms with Gasteiger partial charge in [0, 0.05) is 29.8 Å². The number of nitrogens with two attached hydrogens (primary N) is 1. The van der Waals surface area contributed by atoms with E-state index in [1.807, 2.05) is 17.5 Å². The highest BCUT2D eigenvalue weighted by molar-refractivity contribution is 7.09. The molecule has 9 heteroatoms. The van der Waals surface area contributed by atoms with E-state index in [0.717, 1.165) is 10.4 Å². The second-order valence-electron chi connectivity index (χ2n) is 6.10. The fourth-order valence-electron chi connectivity index (χ4n) is 2.52. The van der Waals surface area contributed by atoms with Crippen molar-refractivity contribution >= 4 is 41.0 Å². The van der Waals surface area contributed by atoms with Gasteiger partial charge >= 0.3 is 5.97 Å². The molecule has 0 aliphatic rings. The number of hydrogen-bond acceptors (Lipinski definition) is 7. The van der Waals surface area contributed by atoms with Gasteiger partial charge in [-0.2, -0.15) is 5.10 Å². The van der Waals surface area contributed by atoms with Crippen LogP contribution in [-0.4, -0.2) is 36.6 Å². The van der Waals surface area contributed by atoms with Gasteiger partial charge in [-0.15, -0.1) is 11.3 Å². The molecule has 0 radical (unpaired) electrons. The molecule has 2 amide bonds. The number of thiophene rings is 1. The number of esters is 1. The van der Waals surface area contributed by atoms with Gasteiger partial charge in [0.25, 0.3) is 0 Å². The summed E-state index contributed by atoms with van der Waals surface area (Å²) in [4.78, 5) is 37.4. The highest BCUT2D eigenvalue weighted by atomic mass is 32.1. The van der Waals surface area contributed by atoms with E-state index in [1.54, 1.807) is 31.2 Å². The van der Waals surface area contributed by atoms with Crippen LogP contribution in [0.1, 0.15) is 30.2 Å². The molecule has 1 aromatic carbocycles. The Morgan fingerprint density at radius 2 is 1.90 bits per heavy atom. The largest absolute Gasteiger partial charge is 0.464 e. The van der Waals surface area contributed by atoms with Crippen LogP contribution >= 0.6 is 11.3 Å². The fourth-order valence-corrected chi connectivity index (χ4v) is 3.27. The van der Waals surface area contributed by atoms with Crippen molar-refractivity contribution in [1.82, 2.24) is 5.32 Å². The molecule has 8 nitrogen and oxygen atoms in total. The number of rotatable bonds is 10. The molecule has 1 atom stereocenters. The van der Waals surface area contributed by atoms with Crippen molar-refractivity contribution in [2.45, 2.75) is 32.2 Å². The summed E-state index contributed by atoms with van der Waals surface area (Å²) in [6.45, 7) is 1.94. The predicted octanol–water partition coefficient (Wildman–Crippen LogP) is 2.05. The first-order valence-corrected chi connectivity index (χ1v) is 10.0. The minimum Gasteiger partial charge on any atom is -0.464 e. The van der Waals surface area contributed by atoms with E-state index in [1.165, 1.54) is 17.6 Å². The molecule has 1 unspecified atom stereocenters. The Morgan fingerprint density at radius 1 is 1.17 bits per heavy atom. The monoisotopic (exact) mass is 416 g/mol. The molecule has 0 bridgehead atoms. The number of benzene rings is 1. The summed E-state index contributed by atoms with van der Waals surface area (Å²) in [5, 5.41) is 10.7. The lowest BCUT2D eigenvalue weighted by Gasteiger charge is -2.16. The van der Waals surface area contributed by atoms with Gasteiger partial charge in [0.05, 0.1) is 12.8 Å². The normalized spacial score (nSPS) is 11.8. The van der Waals surface area contributed by atoms with Gasteiger partial charge < -0.3 is 21.2 Å². The van der Waals surface area contributed by atoms with Crippen LogP contribution in [0.15, 0.2) is 46.9 Å². The summed E-state index contributed by atoms with van der Waals surface area (Å²) in [6, 6.07) is 9.94. The van der Waals surface area contributed by atoms with E-state index in [-0.39, 0.29) is 31.3 Å². The molecule has 154 valence electrons. The van der Waals surface area contributed by atoms with Crippen molar-refractivity contribution in [3.05, 3.63) is 52.2 Å². The summed E-state index contributed by atoms with van der Waals surface area (Å²) in [6.07, 6.45) is 1.80. The third kappa shape index (κ3) is 7.74. The van der Waals surface area contributed by atoms with Crippen molar-refractivity contribution in [3.8, 4) is 0 Å². The lowest BCUT2D eigenvalue weighted by atomic mass is 10.1. The zero-order valence-corrected chi connectivity index (χ0v) is 16.9. The van der Waals surface area contributed by atoms with Crippen molar-refractivity contribution in [3.63, 3.8) is 0 Å². The molecule has 29 heavy (non-hydrogen) atoms. The first-order valence-electron chi connectivity index (χ1n) is 9.13. The van der Waals surface area contributed by atoms with Gasteiger partial charge in [-0.05, 0) is 36.1 Å². The topological polar surface area (TPSA) is 123 Å². The first-order chi connectivity index (χ1) is 14.0. The third-order valence-corrected chi connectivity index (χ3v) is 4.79. The first kappa shape index (κ1) is 22.1. The minimum absolute atomic E-state index is 0.00755. The van der Waals surface area contributed by atoms with Gasteiger partial charge in [0.15, 0.2) is 0 Å². The molecule has 2 aromatic rings. The number of carbonyl (C=O) groups is 3. The molecule has 0 saturated carbocycles. The number of carbonyl (C=O) groups excluding carboxylic acids is 3. The van der Waals surface area contributed by atoms with E-state index in [2.05, 4.69) is 15.7 Å². The molecule has 0 aliphatic carbocycles. The molecule has 2 rings (SSSR count). The molecule has 0 spiro atoms. The number of hydrazone groups is 1. The number of hydrogen-bond donors (Lipinski definition) is 3. The number of anilines is 1. The number of nitrogens with zero attached hydrogens (tertiary/aromatic N) is 1. The van der Waals surface area contributed by atoms with E-state index >= 15 is 0 Å². The van der Waals surface area contributed by atoms with Crippen LogP contribution in [0.5, 0.6) is 0 Å². The smallest absolute Gasteiger partial charge is 0.329 e. The van der Waals surface area contributed by atoms with Crippen LogP contribution in [0.25, 0.3) is 0 Å². The Labute approximate surface area is 173 Å². The Bertz CT molecular complexity index is 835. The molecule has 1 aromatic heterocycles. The number of amides is 2. The summed E-state index contributed by atoms with van der Waals surface area (Å²) < 4.78 is 5.04. The lowest BCUT2D eigenvalue weighted by molar-refractivity contribution is -0.147. The van der Waals surface area contributed by atoms with Crippen molar-refractivity contribution in [1.29, 1.82) is 0 Å². The zero-order chi connectivity index (χ0) is 21.1. The van der Waals surface area contributed by atoms with Crippen molar-refractivity contribution in [2.75, 3.05) is 11.9 Å². The van der Waals surface area contributed by atoms with Crippen LogP contribution in [0, 0.1) is 0 Å². The van der Waals surface area contributed by atoms with E-state index in [4.69, 9.17) is 10.6 Å². The Balaban J connectivity index is 1.83. The van der Waals surface area contributed by atoms with E-state index in [9.17, 15) is 14.4 Å². The van der Waals surface area contributed by atoms with Gasteiger partial charge in [0.1, 0.15) is 6.04 Å². The van der Waals surface area contributed by atoms with Crippen LogP contribution < -0.4 is 16.5 Å². The van der Waals surface area contributed by atoms with Crippen molar-refractivity contribution < 1.29 is 19.1 Å². The molecule has 1 heterocycles. The van der Waals surface area contributed by atoms with Crippen LogP contribution in [0.2, 0.25) is 0 Å². The highest BCUT2D eigenvalue weighted by Gasteiger charge is 2.23.